The number of hydrogen-bond donors (Lipinski definition) is 2. The fraction of sp³-hybridized carbons (Fsp3) is 1.00. The molecule has 0 aromatic carbocycles. The van der Waals surface area contributed by atoms with E-state index in [1.54, 1.807) is 14.2 Å². The van der Waals surface area contributed by atoms with Crippen LogP contribution in [0, 0.1) is 0 Å². The minimum atomic E-state index is -0.125. The van der Waals surface area contributed by atoms with Gasteiger partial charge in [0.2, 0.25) is 0 Å². The predicted molar refractivity (Wildman–Crippen MR) is 45.6 cm³/mol. The summed E-state index contributed by atoms with van der Waals surface area (Å²) in [5.74, 6) is 0. The third kappa shape index (κ3) is 25.8. The van der Waals surface area contributed by atoms with Crippen LogP contribution in [0.15, 0.2) is 0 Å². The van der Waals surface area contributed by atoms with Crippen molar-refractivity contribution in [2.45, 2.75) is 25.7 Å². The highest BCUT2D eigenvalue weighted by molar-refractivity contribution is 4.50. The monoisotopic (exact) mass is 164 g/mol. The molecule has 0 bridgehead atoms. The van der Waals surface area contributed by atoms with Crippen molar-refractivity contribution < 1.29 is 14.9 Å². The normalized spacial score (nSPS) is 13.1. The first-order valence-corrected chi connectivity index (χ1v) is 3.95. The van der Waals surface area contributed by atoms with Gasteiger partial charge in [-0.15, -0.1) is 0 Å². The lowest BCUT2D eigenvalue weighted by atomic mass is 10.0. The van der Waals surface area contributed by atoms with Crippen LogP contribution in [0.5, 0.6) is 0 Å². The Morgan fingerprint density at radius 3 is 1.09 bits per heavy atom. The minimum Gasteiger partial charge on any atom is -0.394 e. The first-order chi connectivity index (χ1) is 5.33. The topological polar surface area (TPSA) is 49.7 Å². The second-order valence-corrected chi connectivity index (χ2v) is 2.27. The van der Waals surface area contributed by atoms with E-state index < -0.39 is 0 Å². The molecule has 0 aliphatic heterocycles. The molecule has 0 unspecified atom stereocenters. The van der Waals surface area contributed by atoms with Crippen molar-refractivity contribution >= 4 is 0 Å². The standard InChI is InChI=1S/C4H8.C2H6O2.C2H6O/c1-2-4-3-1;3-1-2-4;1-3-2/h1-4H2;3-4H,1-2H2;1-2H3. The highest BCUT2D eigenvalue weighted by atomic mass is 16.4. The van der Waals surface area contributed by atoms with Crippen LogP contribution in [0.4, 0.5) is 0 Å². The van der Waals surface area contributed by atoms with Gasteiger partial charge in [0.15, 0.2) is 0 Å². The molecule has 0 saturated heterocycles. The second-order valence-electron chi connectivity index (χ2n) is 2.27. The van der Waals surface area contributed by atoms with Gasteiger partial charge in [0.25, 0.3) is 0 Å². The van der Waals surface area contributed by atoms with E-state index in [1.807, 2.05) is 0 Å². The van der Waals surface area contributed by atoms with Gasteiger partial charge in [-0.3, -0.25) is 0 Å². The molecule has 0 heterocycles. The molecule has 3 heteroatoms. The Morgan fingerprint density at radius 1 is 0.909 bits per heavy atom. The van der Waals surface area contributed by atoms with Crippen LogP contribution in [-0.4, -0.2) is 37.6 Å². The highest BCUT2D eigenvalue weighted by Gasteiger charge is 1.95. The number of hydrogen-bond acceptors (Lipinski definition) is 3. The molecular formula is C8H20O3. The third-order valence-electron chi connectivity index (χ3n) is 1.10. The average Bonchev–Trinajstić information content (AvgIpc) is 1.85. The largest absolute Gasteiger partial charge is 0.394 e. The van der Waals surface area contributed by atoms with Gasteiger partial charge in [-0.2, -0.15) is 0 Å². The SMILES string of the molecule is C1CCC1.COC.OCCO. The zero-order chi connectivity index (χ0) is 8.95. The van der Waals surface area contributed by atoms with Crippen molar-refractivity contribution in [1.29, 1.82) is 0 Å². The summed E-state index contributed by atoms with van der Waals surface area (Å²) in [5, 5.41) is 15.2. The number of aliphatic hydroxyl groups excluding tert-OH is 2. The van der Waals surface area contributed by atoms with Crippen LogP contribution in [0.2, 0.25) is 0 Å². The number of rotatable bonds is 1. The molecule has 0 spiro atoms. The molecule has 70 valence electrons. The third-order valence-corrected chi connectivity index (χ3v) is 1.10. The zero-order valence-corrected chi connectivity index (χ0v) is 7.55. The van der Waals surface area contributed by atoms with Gasteiger partial charge in [0.1, 0.15) is 0 Å². The lowest BCUT2D eigenvalue weighted by Crippen LogP contribution is -1.85. The summed E-state index contributed by atoms with van der Waals surface area (Å²) in [6, 6.07) is 0. The van der Waals surface area contributed by atoms with Crippen molar-refractivity contribution in [1.82, 2.24) is 0 Å². The van der Waals surface area contributed by atoms with Crippen LogP contribution in [-0.2, 0) is 4.74 Å². The van der Waals surface area contributed by atoms with E-state index in [0.29, 0.717) is 0 Å². The highest BCUT2D eigenvalue weighted by Crippen LogP contribution is 2.15. The second kappa shape index (κ2) is 16.5. The molecule has 0 amide bonds. The van der Waals surface area contributed by atoms with Crippen LogP contribution in [0.25, 0.3) is 0 Å². The zero-order valence-electron chi connectivity index (χ0n) is 7.55. The van der Waals surface area contributed by atoms with Gasteiger partial charge in [0, 0.05) is 14.2 Å². The fourth-order valence-electron chi connectivity index (χ4n) is 0.250. The van der Waals surface area contributed by atoms with Gasteiger partial charge in [-0.25, -0.2) is 0 Å². The van der Waals surface area contributed by atoms with E-state index in [2.05, 4.69) is 4.74 Å². The molecule has 1 rings (SSSR count). The van der Waals surface area contributed by atoms with Crippen molar-refractivity contribution in [2.24, 2.45) is 0 Å². The minimum absolute atomic E-state index is 0.125. The number of ether oxygens (including phenoxy) is 1. The molecule has 2 N–H and O–H groups in total. The first-order valence-electron chi connectivity index (χ1n) is 3.95. The summed E-state index contributed by atoms with van der Waals surface area (Å²) in [6.07, 6.45) is 6.00. The average molecular weight is 164 g/mol. The fourth-order valence-corrected chi connectivity index (χ4v) is 0.250. The number of aliphatic hydroxyl groups is 2. The van der Waals surface area contributed by atoms with Gasteiger partial charge in [0.05, 0.1) is 13.2 Å². The molecule has 3 nitrogen and oxygen atoms in total. The molecule has 1 aliphatic carbocycles. The lowest BCUT2D eigenvalue weighted by Gasteiger charge is -2.05. The van der Waals surface area contributed by atoms with E-state index in [0.717, 1.165) is 0 Å². The Bertz CT molecular complexity index is 38.6. The Labute approximate surface area is 69.0 Å². The Kier molecular flexibility index (Phi) is 20.2. The van der Waals surface area contributed by atoms with Crippen molar-refractivity contribution in [2.75, 3.05) is 27.4 Å². The molecule has 0 aromatic heterocycles. The number of methoxy groups -OCH3 is 1. The predicted octanol–water partition coefficient (Wildman–Crippen LogP) is 0.794. The molecule has 1 aliphatic rings. The molecule has 1 fully saturated rings. The van der Waals surface area contributed by atoms with Crippen LogP contribution >= 0.6 is 0 Å². The molecule has 0 atom stereocenters. The Balaban J connectivity index is 0. The van der Waals surface area contributed by atoms with Gasteiger partial charge >= 0.3 is 0 Å². The van der Waals surface area contributed by atoms with Gasteiger partial charge in [-0.05, 0) is 0 Å². The van der Waals surface area contributed by atoms with Gasteiger partial charge < -0.3 is 14.9 Å². The van der Waals surface area contributed by atoms with E-state index in [4.69, 9.17) is 10.2 Å². The molecule has 0 radical (unpaired) electrons. The smallest absolute Gasteiger partial charge is 0.0662 e. The lowest BCUT2D eigenvalue weighted by molar-refractivity contribution is 0.186. The van der Waals surface area contributed by atoms with Crippen LogP contribution in [0.3, 0.4) is 0 Å². The molecule has 11 heavy (non-hydrogen) atoms. The van der Waals surface area contributed by atoms with Gasteiger partial charge in [-0.1, -0.05) is 25.7 Å². The Morgan fingerprint density at radius 2 is 1.09 bits per heavy atom. The summed E-state index contributed by atoms with van der Waals surface area (Å²) < 4.78 is 4.25. The summed E-state index contributed by atoms with van der Waals surface area (Å²) in [6.45, 7) is -0.250. The first kappa shape index (κ1) is 13.5. The molecule has 0 aromatic rings. The van der Waals surface area contributed by atoms with Crippen molar-refractivity contribution in [3.05, 3.63) is 0 Å². The van der Waals surface area contributed by atoms with E-state index in [1.165, 1.54) is 25.7 Å². The van der Waals surface area contributed by atoms with E-state index in [9.17, 15) is 0 Å². The maximum atomic E-state index is 7.62. The van der Waals surface area contributed by atoms with Crippen molar-refractivity contribution in [3.8, 4) is 0 Å². The summed E-state index contributed by atoms with van der Waals surface area (Å²) in [7, 11) is 3.25. The van der Waals surface area contributed by atoms with Crippen LogP contribution in [0.1, 0.15) is 25.7 Å². The maximum Gasteiger partial charge on any atom is 0.0662 e. The summed E-state index contributed by atoms with van der Waals surface area (Å²) in [5.41, 5.74) is 0. The van der Waals surface area contributed by atoms with E-state index in [-0.39, 0.29) is 13.2 Å². The molecule has 1 saturated carbocycles. The maximum absolute atomic E-state index is 7.62. The summed E-state index contributed by atoms with van der Waals surface area (Å²) >= 11 is 0. The molecular weight excluding hydrogens is 144 g/mol. The Hall–Kier alpha value is -0.120. The summed E-state index contributed by atoms with van der Waals surface area (Å²) in [4.78, 5) is 0. The quantitative estimate of drug-likeness (QED) is 0.602. The van der Waals surface area contributed by atoms with Crippen molar-refractivity contribution in [3.63, 3.8) is 0 Å². The van der Waals surface area contributed by atoms with E-state index >= 15 is 0 Å². The van der Waals surface area contributed by atoms with Crippen LogP contribution < -0.4 is 0 Å².